The topological polar surface area (TPSA) is 66.7 Å². The van der Waals surface area contributed by atoms with Crippen LogP contribution in [-0.4, -0.2) is 31.1 Å². The van der Waals surface area contributed by atoms with E-state index in [0.29, 0.717) is 32.8 Å². The van der Waals surface area contributed by atoms with Crippen LogP contribution in [0.1, 0.15) is 36.6 Å². The molecule has 1 unspecified atom stereocenters. The molecule has 3 heterocycles. The number of benzene rings is 1. The number of thioether (sulfide) groups is 1. The number of nitrogens with one attached hydrogen (secondary N) is 1. The molecule has 1 aliphatic rings. The highest BCUT2D eigenvalue weighted by Crippen LogP contribution is 2.38. The van der Waals surface area contributed by atoms with Gasteiger partial charge in [0.05, 0.1) is 16.5 Å². The third-order valence-electron chi connectivity index (χ3n) is 5.20. The van der Waals surface area contributed by atoms with E-state index >= 15 is 0 Å². The molecule has 1 aromatic carbocycles. The first kappa shape index (κ1) is 21.3. The van der Waals surface area contributed by atoms with E-state index in [1.807, 2.05) is 63.2 Å². The van der Waals surface area contributed by atoms with Crippen LogP contribution >= 0.6 is 24.0 Å². The fourth-order valence-electron chi connectivity index (χ4n) is 3.57. The molecule has 2 aromatic heterocycles. The summed E-state index contributed by atoms with van der Waals surface area (Å²) >= 11 is 6.72. The minimum atomic E-state index is -0.231. The smallest absolute Gasteiger partial charge is 0.267 e. The first-order valence-electron chi connectivity index (χ1n) is 10.00. The molecule has 6 nitrogen and oxygen atoms in total. The third kappa shape index (κ3) is 3.88. The maximum Gasteiger partial charge on any atom is 0.267 e. The first-order chi connectivity index (χ1) is 14.9. The lowest BCUT2D eigenvalue weighted by Gasteiger charge is -2.23. The molecule has 0 saturated carbocycles. The summed E-state index contributed by atoms with van der Waals surface area (Å²) in [5, 5.41) is 3.16. The molecule has 158 valence electrons. The Kier molecular flexibility index (Phi) is 5.93. The van der Waals surface area contributed by atoms with Crippen molar-refractivity contribution >= 4 is 51.7 Å². The van der Waals surface area contributed by atoms with E-state index in [9.17, 15) is 9.59 Å². The highest BCUT2D eigenvalue weighted by atomic mass is 32.2. The fourth-order valence-corrected chi connectivity index (χ4v) is 4.97. The molecule has 4 rings (SSSR count). The van der Waals surface area contributed by atoms with Crippen molar-refractivity contribution < 1.29 is 4.79 Å². The van der Waals surface area contributed by atoms with Crippen molar-refractivity contribution in [3.05, 3.63) is 80.6 Å². The van der Waals surface area contributed by atoms with Gasteiger partial charge < -0.3 is 5.32 Å². The molecule has 1 amide bonds. The van der Waals surface area contributed by atoms with E-state index in [0.717, 1.165) is 11.1 Å². The number of nitrogens with zero attached hydrogens (tertiary/aromatic N) is 3. The monoisotopic (exact) mass is 450 g/mol. The van der Waals surface area contributed by atoms with Crippen LogP contribution in [0.25, 0.3) is 11.7 Å². The standard InChI is InChI=1S/C23H22N4O2S2/c1-4-24-19-17(21(28)26-12-8-9-14(2)20(26)25-19)13-18-22(29)27(23(30)31-18)15(3)16-10-6-5-7-11-16/h5-13,15,24H,4H2,1-3H3. The van der Waals surface area contributed by atoms with E-state index in [2.05, 4.69) is 10.3 Å². The zero-order valence-electron chi connectivity index (χ0n) is 17.5. The van der Waals surface area contributed by atoms with Gasteiger partial charge in [-0.05, 0) is 44.0 Å². The Morgan fingerprint density at radius 3 is 2.65 bits per heavy atom. The van der Waals surface area contributed by atoms with Crippen LogP contribution in [0.2, 0.25) is 0 Å². The minimum absolute atomic E-state index is 0.202. The number of carbonyl (C=O) groups is 1. The van der Waals surface area contributed by atoms with Gasteiger partial charge in [-0.1, -0.05) is 60.4 Å². The van der Waals surface area contributed by atoms with E-state index in [1.54, 1.807) is 17.2 Å². The van der Waals surface area contributed by atoms with Gasteiger partial charge in [0.15, 0.2) is 0 Å². The summed E-state index contributed by atoms with van der Waals surface area (Å²) in [5.74, 6) is 0.255. The summed E-state index contributed by atoms with van der Waals surface area (Å²) in [5.41, 5.74) is 2.60. The number of carbonyl (C=O) groups excluding carboxylic acids is 1. The number of aryl methyl sites for hydroxylation is 1. The summed E-state index contributed by atoms with van der Waals surface area (Å²) < 4.78 is 1.98. The van der Waals surface area contributed by atoms with Gasteiger partial charge in [0.2, 0.25) is 0 Å². The Balaban J connectivity index is 1.79. The molecule has 1 saturated heterocycles. The van der Waals surface area contributed by atoms with E-state index in [1.165, 1.54) is 16.2 Å². The average molecular weight is 451 g/mol. The lowest BCUT2D eigenvalue weighted by Crippen LogP contribution is -2.31. The Hall–Kier alpha value is -2.97. The predicted octanol–water partition coefficient (Wildman–Crippen LogP) is 4.40. The molecule has 3 aromatic rings. The van der Waals surface area contributed by atoms with Gasteiger partial charge in [0, 0.05) is 12.7 Å². The predicted molar refractivity (Wildman–Crippen MR) is 130 cm³/mol. The molecule has 0 bridgehead atoms. The second-order valence-corrected chi connectivity index (χ2v) is 8.91. The third-order valence-corrected chi connectivity index (χ3v) is 6.53. The van der Waals surface area contributed by atoms with Crippen molar-refractivity contribution in [2.24, 2.45) is 0 Å². The van der Waals surface area contributed by atoms with Crippen molar-refractivity contribution in [1.29, 1.82) is 0 Å². The van der Waals surface area contributed by atoms with Gasteiger partial charge in [-0.3, -0.25) is 18.9 Å². The molecular weight excluding hydrogens is 428 g/mol. The number of hydrogen-bond acceptors (Lipinski definition) is 6. The van der Waals surface area contributed by atoms with Gasteiger partial charge in [0.25, 0.3) is 11.5 Å². The zero-order chi connectivity index (χ0) is 22.1. The molecule has 31 heavy (non-hydrogen) atoms. The molecule has 8 heteroatoms. The van der Waals surface area contributed by atoms with E-state index < -0.39 is 0 Å². The average Bonchev–Trinajstić information content (AvgIpc) is 3.04. The normalized spacial score (nSPS) is 16.4. The Morgan fingerprint density at radius 1 is 1.19 bits per heavy atom. The van der Waals surface area contributed by atoms with E-state index in [-0.39, 0.29) is 17.5 Å². The number of hydrogen-bond donors (Lipinski definition) is 1. The SMILES string of the molecule is CCNc1nc2c(C)cccn2c(=O)c1C=C1SC(=S)N(C(C)c2ccccc2)C1=O. The molecule has 0 spiro atoms. The van der Waals surface area contributed by atoms with Crippen molar-refractivity contribution in [2.45, 2.75) is 26.8 Å². The zero-order valence-corrected chi connectivity index (χ0v) is 19.1. The van der Waals surface area contributed by atoms with Crippen molar-refractivity contribution in [2.75, 3.05) is 11.9 Å². The van der Waals surface area contributed by atoms with Gasteiger partial charge >= 0.3 is 0 Å². The summed E-state index contributed by atoms with van der Waals surface area (Å²) in [6.45, 7) is 6.39. The Labute approximate surface area is 190 Å². The number of fused-ring (bicyclic) bond motifs is 1. The summed E-state index contributed by atoms with van der Waals surface area (Å²) in [4.78, 5) is 33.2. The van der Waals surface area contributed by atoms with Crippen molar-refractivity contribution in [3.63, 3.8) is 0 Å². The first-order valence-corrected chi connectivity index (χ1v) is 11.2. The lowest BCUT2D eigenvalue weighted by atomic mass is 10.1. The number of pyridine rings is 1. The summed E-state index contributed by atoms with van der Waals surface area (Å²) in [7, 11) is 0. The van der Waals surface area contributed by atoms with Gasteiger partial charge in [0.1, 0.15) is 15.8 Å². The van der Waals surface area contributed by atoms with Gasteiger partial charge in [-0.15, -0.1) is 0 Å². The number of anilines is 1. The highest BCUT2D eigenvalue weighted by molar-refractivity contribution is 8.26. The molecule has 0 aliphatic carbocycles. The maximum absolute atomic E-state index is 13.3. The molecule has 1 aliphatic heterocycles. The Bertz CT molecular complexity index is 1270. The molecular formula is C23H22N4O2S2. The molecule has 0 radical (unpaired) electrons. The molecule has 1 fully saturated rings. The maximum atomic E-state index is 13.3. The van der Waals surface area contributed by atoms with Gasteiger partial charge in [-0.25, -0.2) is 4.98 Å². The molecule has 1 atom stereocenters. The minimum Gasteiger partial charge on any atom is -0.370 e. The van der Waals surface area contributed by atoms with Crippen LogP contribution in [-0.2, 0) is 4.79 Å². The van der Waals surface area contributed by atoms with Crippen LogP contribution in [0, 0.1) is 6.92 Å². The Morgan fingerprint density at radius 2 is 1.94 bits per heavy atom. The van der Waals surface area contributed by atoms with Gasteiger partial charge in [-0.2, -0.15) is 0 Å². The van der Waals surface area contributed by atoms with Crippen molar-refractivity contribution in [1.82, 2.24) is 14.3 Å². The molecule has 1 N–H and O–H groups in total. The fraction of sp³-hybridized carbons (Fsp3) is 0.217. The number of rotatable bonds is 5. The number of aromatic nitrogens is 2. The second-order valence-electron chi connectivity index (χ2n) is 7.23. The summed E-state index contributed by atoms with van der Waals surface area (Å²) in [6.07, 6.45) is 3.30. The van der Waals surface area contributed by atoms with Crippen LogP contribution < -0.4 is 10.9 Å². The van der Waals surface area contributed by atoms with Crippen LogP contribution in [0.15, 0.2) is 58.4 Å². The van der Waals surface area contributed by atoms with Crippen LogP contribution in [0.4, 0.5) is 5.82 Å². The second kappa shape index (κ2) is 8.64. The highest BCUT2D eigenvalue weighted by Gasteiger charge is 2.36. The number of amides is 1. The van der Waals surface area contributed by atoms with E-state index in [4.69, 9.17) is 12.2 Å². The lowest BCUT2D eigenvalue weighted by molar-refractivity contribution is -0.123. The van der Waals surface area contributed by atoms with Crippen LogP contribution in [0.3, 0.4) is 0 Å². The largest absolute Gasteiger partial charge is 0.370 e. The summed E-state index contributed by atoms with van der Waals surface area (Å²) in [6, 6.07) is 13.3. The van der Waals surface area contributed by atoms with Crippen LogP contribution in [0.5, 0.6) is 0 Å². The quantitative estimate of drug-likeness (QED) is 0.459. The number of thiocarbonyl (C=S) groups is 1. The van der Waals surface area contributed by atoms with Crippen molar-refractivity contribution in [3.8, 4) is 0 Å².